The predicted molar refractivity (Wildman–Crippen MR) is 62.0 cm³/mol. The number of hydrogen-bond acceptors (Lipinski definition) is 4. The van der Waals surface area contributed by atoms with Gasteiger partial charge in [-0.05, 0) is 13.3 Å². The van der Waals surface area contributed by atoms with Crippen LogP contribution in [0.3, 0.4) is 0 Å². The number of ether oxygens (including phenoxy) is 2. The third-order valence-corrected chi connectivity index (χ3v) is 1.84. The number of esters is 1. The average Bonchev–Trinajstić information content (AvgIpc) is 2.29. The second kappa shape index (κ2) is 10.4. The van der Waals surface area contributed by atoms with Crippen LogP contribution in [0.1, 0.15) is 19.8 Å². The van der Waals surface area contributed by atoms with Crippen molar-refractivity contribution in [2.24, 2.45) is 0 Å². The van der Waals surface area contributed by atoms with Gasteiger partial charge in [-0.15, -0.1) is 6.58 Å². The second-order valence-electron chi connectivity index (χ2n) is 3.11. The number of rotatable bonds is 9. The molecule has 0 spiro atoms. The largest absolute Gasteiger partial charge is 0.466 e. The lowest BCUT2D eigenvalue weighted by atomic mass is 10.3. The zero-order valence-corrected chi connectivity index (χ0v) is 9.72. The quantitative estimate of drug-likeness (QED) is 0.479. The van der Waals surface area contributed by atoms with Crippen LogP contribution in [-0.2, 0) is 14.3 Å². The van der Waals surface area contributed by atoms with Crippen LogP contribution in [0, 0.1) is 0 Å². The second-order valence-corrected chi connectivity index (χ2v) is 3.11. The van der Waals surface area contributed by atoms with Gasteiger partial charge in [-0.2, -0.15) is 0 Å². The first-order valence-electron chi connectivity index (χ1n) is 5.40. The summed E-state index contributed by atoms with van der Waals surface area (Å²) in [7, 11) is 0. The average molecular weight is 228 g/mol. The Hall–Kier alpha value is -1.13. The number of aliphatic hydroxyl groups is 1. The Bertz CT molecular complexity index is 223. The Labute approximate surface area is 96.6 Å². The molecule has 0 aliphatic carbocycles. The van der Waals surface area contributed by atoms with Crippen LogP contribution in [-0.4, -0.2) is 37.0 Å². The number of carbonyl (C=O) groups excluding carboxylic acids is 1. The van der Waals surface area contributed by atoms with Crippen LogP contribution < -0.4 is 0 Å². The molecule has 0 saturated heterocycles. The molecule has 0 aliphatic rings. The summed E-state index contributed by atoms with van der Waals surface area (Å²) in [6, 6.07) is 0. The van der Waals surface area contributed by atoms with E-state index in [1.54, 1.807) is 13.0 Å². The van der Waals surface area contributed by atoms with Gasteiger partial charge in [0.1, 0.15) is 0 Å². The molecule has 0 aromatic carbocycles. The molecular formula is C12H20O4. The molecule has 0 aliphatic heterocycles. The smallest absolute Gasteiger partial charge is 0.306 e. The highest BCUT2D eigenvalue weighted by Crippen LogP contribution is 1.96. The van der Waals surface area contributed by atoms with Crippen molar-refractivity contribution < 1.29 is 19.4 Å². The number of carbonyl (C=O) groups is 1. The highest BCUT2D eigenvalue weighted by atomic mass is 16.5. The topological polar surface area (TPSA) is 55.8 Å². The maximum Gasteiger partial charge on any atom is 0.306 e. The van der Waals surface area contributed by atoms with Crippen molar-refractivity contribution in [1.29, 1.82) is 0 Å². The molecule has 0 saturated carbocycles. The summed E-state index contributed by atoms with van der Waals surface area (Å²) >= 11 is 0. The van der Waals surface area contributed by atoms with E-state index in [4.69, 9.17) is 14.6 Å². The Morgan fingerprint density at radius 2 is 2.25 bits per heavy atom. The van der Waals surface area contributed by atoms with Gasteiger partial charge in [0.25, 0.3) is 0 Å². The molecular weight excluding hydrogens is 208 g/mol. The van der Waals surface area contributed by atoms with E-state index in [9.17, 15) is 4.79 Å². The first-order chi connectivity index (χ1) is 7.74. The van der Waals surface area contributed by atoms with Crippen molar-refractivity contribution in [1.82, 2.24) is 0 Å². The SMILES string of the molecule is C=C[C@H](CO)OC/C=C/CCC(=O)OCC. The van der Waals surface area contributed by atoms with Gasteiger partial charge >= 0.3 is 5.97 Å². The highest BCUT2D eigenvalue weighted by molar-refractivity contribution is 5.69. The van der Waals surface area contributed by atoms with Crippen LogP contribution >= 0.6 is 0 Å². The van der Waals surface area contributed by atoms with E-state index in [1.165, 1.54) is 0 Å². The summed E-state index contributed by atoms with van der Waals surface area (Å²) in [5, 5.41) is 8.78. The van der Waals surface area contributed by atoms with Crippen LogP contribution in [0.4, 0.5) is 0 Å². The number of hydrogen-bond donors (Lipinski definition) is 1. The lowest BCUT2D eigenvalue weighted by molar-refractivity contribution is -0.143. The highest BCUT2D eigenvalue weighted by Gasteiger charge is 1.99. The fraction of sp³-hybridized carbons (Fsp3) is 0.583. The molecule has 16 heavy (non-hydrogen) atoms. The van der Waals surface area contributed by atoms with E-state index in [1.807, 2.05) is 12.2 Å². The molecule has 0 amide bonds. The van der Waals surface area contributed by atoms with Gasteiger partial charge in [0.2, 0.25) is 0 Å². The van der Waals surface area contributed by atoms with E-state index in [-0.39, 0.29) is 18.7 Å². The van der Waals surface area contributed by atoms with Crippen molar-refractivity contribution >= 4 is 5.97 Å². The third kappa shape index (κ3) is 8.20. The molecule has 92 valence electrons. The molecule has 0 bridgehead atoms. The lowest BCUT2D eigenvalue weighted by Crippen LogP contribution is -2.14. The van der Waals surface area contributed by atoms with Crippen molar-refractivity contribution in [3.8, 4) is 0 Å². The third-order valence-electron chi connectivity index (χ3n) is 1.84. The maximum absolute atomic E-state index is 10.9. The van der Waals surface area contributed by atoms with Crippen molar-refractivity contribution in [2.75, 3.05) is 19.8 Å². The molecule has 0 heterocycles. The molecule has 1 N–H and O–H groups in total. The Kier molecular flexibility index (Phi) is 9.66. The van der Waals surface area contributed by atoms with Gasteiger partial charge in [-0.1, -0.05) is 18.2 Å². The minimum Gasteiger partial charge on any atom is -0.466 e. The first kappa shape index (κ1) is 14.9. The molecule has 0 fully saturated rings. The zero-order valence-electron chi connectivity index (χ0n) is 9.72. The van der Waals surface area contributed by atoms with Crippen LogP contribution in [0.2, 0.25) is 0 Å². The van der Waals surface area contributed by atoms with E-state index >= 15 is 0 Å². The van der Waals surface area contributed by atoms with Gasteiger partial charge < -0.3 is 14.6 Å². The van der Waals surface area contributed by atoms with Gasteiger partial charge in [0.15, 0.2) is 0 Å². The number of allylic oxidation sites excluding steroid dienone is 1. The normalized spacial score (nSPS) is 12.6. The maximum atomic E-state index is 10.9. The van der Waals surface area contributed by atoms with E-state index in [0.29, 0.717) is 26.1 Å². The standard InChI is InChI=1S/C12H20O4/c1-3-11(10-13)16-9-7-5-6-8-12(14)15-4-2/h3,5,7,11,13H,1,4,6,8-10H2,2H3/b7-5+/t11-/m1/s1. The molecule has 4 heteroatoms. The summed E-state index contributed by atoms with van der Waals surface area (Å²) in [6.45, 7) is 6.06. The minimum absolute atomic E-state index is 0.0693. The van der Waals surface area contributed by atoms with E-state index in [2.05, 4.69) is 6.58 Å². The van der Waals surface area contributed by atoms with Gasteiger partial charge in [-0.25, -0.2) is 0 Å². The Morgan fingerprint density at radius 3 is 2.81 bits per heavy atom. The molecule has 4 nitrogen and oxygen atoms in total. The summed E-state index contributed by atoms with van der Waals surface area (Å²) < 4.78 is 9.99. The van der Waals surface area contributed by atoms with Crippen molar-refractivity contribution in [2.45, 2.75) is 25.9 Å². The summed E-state index contributed by atoms with van der Waals surface area (Å²) in [6.07, 6.45) is 5.91. The van der Waals surface area contributed by atoms with Crippen LogP contribution in [0.5, 0.6) is 0 Å². The molecule has 0 aromatic heterocycles. The Morgan fingerprint density at radius 1 is 1.50 bits per heavy atom. The minimum atomic E-state index is -0.324. The first-order valence-corrected chi connectivity index (χ1v) is 5.40. The van der Waals surface area contributed by atoms with Gasteiger partial charge in [-0.3, -0.25) is 4.79 Å². The summed E-state index contributed by atoms with van der Waals surface area (Å²) in [5.74, 6) is -0.188. The predicted octanol–water partition coefficient (Wildman–Crippen LogP) is 1.45. The monoisotopic (exact) mass is 228 g/mol. The molecule has 1 atom stereocenters. The van der Waals surface area contributed by atoms with Crippen LogP contribution in [0.25, 0.3) is 0 Å². The van der Waals surface area contributed by atoms with Crippen molar-refractivity contribution in [3.05, 3.63) is 24.8 Å². The summed E-state index contributed by atoms with van der Waals surface area (Å²) in [5.41, 5.74) is 0. The zero-order chi connectivity index (χ0) is 12.2. The summed E-state index contributed by atoms with van der Waals surface area (Å²) in [4.78, 5) is 10.9. The molecule has 0 rings (SSSR count). The van der Waals surface area contributed by atoms with Gasteiger partial charge in [0, 0.05) is 6.42 Å². The van der Waals surface area contributed by atoms with Crippen LogP contribution in [0.15, 0.2) is 24.8 Å². The van der Waals surface area contributed by atoms with Crippen molar-refractivity contribution in [3.63, 3.8) is 0 Å². The van der Waals surface area contributed by atoms with Gasteiger partial charge in [0.05, 0.1) is 25.9 Å². The van der Waals surface area contributed by atoms with E-state index in [0.717, 1.165) is 0 Å². The fourth-order valence-electron chi connectivity index (χ4n) is 0.995. The molecule has 0 unspecified atom stereocenters. The lowest BCUT2D eigenvalue weighted by Gasteiger charge is -2.07. The molecule has 0 radical (unpaired) electrons. The molecule has 0 aromatic rings. The Balaban J connectivity index is 3.47. The van der Waals surface area contributed by atoms with E-state index < -0.39 is 0 Å². The fourth-order valence-corrected chi connectivity index (χ4v) is 0.995. The number of aliphatic hydroxyl groups excluding tert-OH is 1.